The van der Waals surface area contributed by atoms with Gasteiger partial charge in [-0.1, -0.05) is 96.1 Å². The Labute approximate surface area is 236 Å². The smallest absolute Gasteiger partial charge is 0.358 e. The van der Waals surface area contributed by atoms with Gasteiger partial charge in [0.05, 0.1) is 0 Å². The van der Waals surface area contributed by atoms with Crippen molar-refractivity contribution < 1.29 is 26.2 Å². The minimum Gasteiger partial charge on any atom is -0.358 e. The molecule has 171 valence electrons. The predicted molar refractivity (Wildman–Crippen MR) is 148 cm³/mol. The van der Waals surface area contributed by atoms with Crippen LogP contribution in [0.5, 0.6) is 0 Å². The molecule has 3 heteroatoms. The second-order valence-corrected chi connectivity index (χ2v) is 7.13. The average molecular weight is 564 g/mol. The van der Waals surface area contributed by atoms with Crippen LogP contribution in [0, 0.1) is 19.6 Å². The van der Waals surface area contributed by atoms with Crippen molar-refractivity contribution in [2.24, 2.45) is 0 Å². The van der Waals surface area contributed by atoms with Gasteiger partial charge in [-0.25, -0.2) is 12.2 Å². The van der Waals surface area contributed by atoms with Gasteiger partial charge in [0, 0.05) is 0 Å². The second-order valence-electron chi connectivity index (χ2n) is 7.13. The molecule has 0 saturated carbocycles. The van der Waals surface area contributed by atoms with Crippen LogP contribution < -0.4 is 0 Å². The van der Waals surface area contributed by atoms with E-state index in [1.54, 1.807) is 0 Å². The normalized spacial score (nSPS) is 10.7. The number of allylic oxidation sites excluding steroid dienone is 4. The summed E-state index contributed by atoms with van der Waals surface area (Å²) in [6.07, 6.45) is 11.0. The molecule has 6 rings (SSSR count). The first kappa shape index (κ1) is 31.8. The van der Waals surface area contributed by atoms with Crippen LogP contribution in [-0.2, 0) is 32.6 Å². The van der Waals surface area contributed by atoms with E-state index >= 15 is 0 Å². The Morgan fingerprint density at radius 3 is 1.71 bits per heavy atom. The molecule has 0 spiro atoms. The van der Waals surface area contributed by atoms with Crippen molar-refractivity contribution in [3.63, 3.8) is 0 Å². The second kappa shape index (κ2) is 17.3. The average Bonchev–Trinajstić information content (AvgIpc) is 3.53. The predicted octanol–water partition coefficient (Wildman–Crippen LogP) is 9.01. The van der Waals surface area contributed by atoms with Gasteiger partial charge in [-0.3, -0.25) is 6.08 Å². The fraction of sp³-hybridized carbons (Fsp3) is 0.0645. The zero-order chi connectivity index (χ0) is 20.4. The van der Waals surface area contributed by atoms with E-state index in [-0.39, 0.29) is 58.4 Å². The number of hydrogen-bond donors (Lipinski definition) is 0. The maximum Gasteiger partial charge on any atom is 3.00 e. The molecular weight excluding hydrogens is 534 g/mol. The first-order valence-electron chi connectivity index (χ1n) is 10.3. The van der Waals surface area contributed by atoms with Crippen LogP contribution in [0.2, 0.25) is 0 Å². The first-order valence-corrected chi connectivity index (χ1v) is 10.3. The first-order chi connectivity index (χ1) is 14.9. The Bertz CT molecular complexity index is 1050. The summed E-state index contributed by atoms with van der Waals surface area (Å²) < 4.78 is 0. The van der Waals surface area contributed by atoms with Crippen molar-refractivity contribution in [3.8, 4) is 22.3 Å². The van der Waals surface area contributed by atoms with Crippen LogP contribution in [-0.4, -0.2) is 0 Å². The van der Waals surface area contributed by atoms with Crippen molar-refractivity contribution in [2.45, 2.75) is 12.8 Å². The van der Waals surface area contributed by atoms with E-state index in [9.17, 15) is 0 Å². The third kappa shape index (κ3) is 8.88. The SMILES string of the molecule is Cl.Cl.[C-]1=CC=CC1.[CH3-].[Zr+3].[c-]1cccc2c1Cc1ccccc1-2.c1ccc(-c2ccccc2)cc1. The van der Waals surface area contributed by atoms with E-state index in [4.69, 9.17) is 0 Å². The number of hydrogen-bond acceptors (Lipinski definition) is 0. The maximum atomic E-state index is 3.30. The fourth-order valence-corrected chi connectivity index (χ4v) is 3.60. The van der Waals surface area contributed by atoms with E-state index in [1.807, 2.05) is 30.4 Å². The molecule has 0 heterocycles. The molecule has 0 nitrogen and oxygen atoms in total. The molecule has 0 saturated heterocycles. The van der Waals surface area contributed by atoms with Crippen molar-refractivity contribution >= 4 is 24.8 Å². The molecule has 0 aromatic heterocycles. The largest absolute Gasteiger partial charge is 3.00 e. The summed E-state index contributed by atoms with van der Waals surface area (Å²) in [5.74, 6) is 0. The molecule has 4 aromatic rings. The third-order valence-corrected chi connectivity index (χ3v) is 5.08. The molecule has 0 N–H and O–H groups in total. The van der Waals surface area contributed by atoms with E-state index in [2.05, 4.69) is 103 Å². The van der Waals surface area contributed by atoms with Crippen LogP contribution in [0.15, 0.2) is 121 Å². The standard InChI is InChI=1S/C13H9.C12H10.C5H5.CH3.2ClH.Zr/c1-3-7-12-10(5-1)9-11-6-2-4-8-13(11)12;1-3-7-11(8-4-1)12-9-5-2-6-10-12;1-2-4-5-3-1;;;;/h1-5,7-8H,9H2;1-10H;1-3H,4H2;1H3;2*1H;/q-1;;2*-1;;;+3. The van der Waals surface area contributed by atoms with Crippen molar-refractivity contribution in [3.05, 3.63) is 152 Å². The zero-order valence-electron chi connectivity index (χ0n) is 19.3. The summed E-state index contributed by atoms with van der Waals surface area (Å²) >= 11 is 0. The minimum atomic E-state index is 0. The van der Waals surface area contributed by atoms with Crippen LogP contribution in [0.3, 0.4) is 0 Å². The Morgan fingerprint density at radius 2 is 1.18 bits per heavy atom. The van der Waals surface area contributed by atoms with Crippen molar-refractivity contribution in [1.29, 1.82) is 0 Å². The Balaban J connectivity index is 0.000000488. The topological polar surface area (TPSA) is 0 Å². The molecule has 2 aliphatic rings. The van der Waals surface area contributed by atoms with Crippen molar-refractivity contribution in [1.82, 2.24) is 0 Å². The summed E-state index contributed by atoms with van der Waals surface area (Å²) in [6, 6.07) is 38.9. The van der Waals surface area contributed by atoms with E-state index in [1.165, 1.54) is 33.4 Å². The number of halogens is 2. The van der Waals surface area contributed by atoms with Gasteiger partial charge in [0.1, 0.15) is 0 Å². The molecule has 0 fully saturated rings. The molecule has 2 aliphatic carbocycles. The van der Waals surface area contributed by atoms with Gasteiger partial charge in [0.2, 0.25) is 0 Å². The van der Waals surface area contributed by atoms with E-state index in [0.717, 1.165) is 12.8 Å². The van der Waals surface area contributed by atoms with Gasteiger partial charge in [-0.2, -0.15) is 35.9 Å². The van der Waals surface area contributed by atoms with Gasteiger partial charge in [-0.05, 0) is 17.5 Å². The van der Waals surface area contributed by atoms with E-state index in [0.29, 0.717) is 0 Å². The molecular formula is C31H29Cl2Zr. The maximum absolute atomic E-state index is 3.30. The van der Waals surface area contributed by atoms with Crippen LogP contribution in [0.4, 0.5) is 0 Å². The summed E-state index contributed by atoms with van der Waals surface area (Å²) in [6.45, 7) is 0. The summed E-state index contributed by atoms with van der Waals surface area (Å²) in [5.41, 5.74) is 8.06. The summed E-state index contributed by atoms with van der Waals surface area (Å²) in [5, 5.41) is 0. The van der Waals surface area contributed by atoms with Gasteiger partial charge in [-0.15, -0.1) is 36.8 Å². The molecule has 4 aromatic carbocycles. The number of fused-ring (bicyclic) bond motifs is 3. The summed E-state index contributed by atoms with van der Waals surface area (Å²) in [4.78, 5) is 0. The van der Waals surface area contributed by atoms with Gasteiger partial charge < -0.3 is 7.43 Å². The van der Waals surface area contributed by atoms with Crippen LogP contribution in [0.25, 0.3) is 22.3 Å². The minimum absolute atomic E-state index is 0. The van der Waals surface area contributed by atoms with E-state index < -0.39 is 0 Å². The fourth-order valence-electron chi connectivity index (χ4n) is 3.60. The molecule has 0 unspecified atom stereocenters. The van der Waals surface area contributed by atoms with Gasteiger partial charge in [0.25, 0.3) is 0 Å². The Hall–Kier alpha value is -2.18. The van der Waals surface area contributed by atoms with Gasteiger partial charge in [0.15, 0.2) is 0 Å². The molecule has 34 heavy (non-hydrogen) atoms. The Kier molecular flexibility index (Phi) is 16.2. The van der Waals surface area contributed by atoms with Crippen LogP contribution in [0.1, 0.15) is 17.5 Å². The van der Waals surface area contributed by atoms with Crippen LogP contribution >= 0.6 is 24.8 Å². The molecule has 0 aliphatic heterocycles. The number of benzene rings is 4. The van der Waals surface area contributed by atoms with Gasteiger partial charge >= 0.3 is 26.2 Å². The Morgan fingerprint density at radius 1 is 0.618 bits per heavy atom. The third-order valence-electron chi connectivity index (χ3n) is 5.08. The summed E-state index contributed by atoms with van der Waals surface area (Å²) in [7, 11) is 0. The molecule has 0 amide bonds. The molecule has 0 bridgehead atoms. The quantitative estimate of drug-likeness (QED) is 0.179. The number of rotatable bonds is 1. The zero-order valence-corrected chi connectivity index (χ0v) is 23.4. The van der Waals surface area contributed by atoms with Crippen molar-refractivity contribution in [2.75, 3.05) is 0 Å². The monoisotopic (exact) mass is 561 g/mol. The molecule has 1 radical (unpaired) electrons. The molecule has 0 atom stereocenters.